The summed E-state index contributed by atoms with van der Waals surface area (Å²) >= 11 is 0. The molecule has 0 spiro atoms. The number of fused-ring (bicyclic) bond motifs is 1. The van der Waals surface area contributed by atoms with Crippen LogP contribution in [0.15, 0.2) is 45.0 Å². The second-order valence-electron chi connectivity index (χ2n) is 4.19. The molecule has 3 heterocycles. The van der Waals surface area contributed by atoms with Gasteiger partial charge in [0, 0.05) is 19.4 Å². The third-order valence-electron chi connectivity index (χ3n) is 2.71. The van der Waals surface area contributed by atoms with E-state index < -0.39 is 16.8 Å². The summed E-state index contributed by atoms with van der Waals surface area (Å²) in [5, 5.41) is 0. The Hall–Kier alpha value is -3.03. The number of nitrogens with one attached hydrogen (secondary N) is 2. The van der Waals surface area contributed by atoms with Gasteiger partial charge in [-0.25, -0.2) is 9.78 Å². The zero-order valence-corrected chi connectivity index (χ0v) is 11.5. The molecule has 0 unspecified atom stereocenters. The van der Waals surface area contributed by atoms with Crippen LogP contribution < -0.4 is 16.8 Å². The molecule has 3 aromatic rings. The van der Waals surface area contributed by atoms with Crippen molar-refractivity contribution in [2.24, 2.45) is 7.05 Å². The molecular formula is C13H13N5O3. The molecule has 8 heteroatoms. The van der Waals surface area contributed by atoms with Crippen molar-refractivity contribution in [3.63, 3.8) is 0 Å². The van der Waals surface area contributed by atoms with Crippen molar-refractivity contribution in [1.82, 2.24) is 24.5 Å². The molecule has 0 amide bonds. The average Bonchev–Trinajstić information content (AvgIpc) is 2.49. The molecule has 0 radical (unpaired) electrons. The summed E-state index contributed by atoms with van der Waals surface area (Å²) in [5.41, 5.74) is -1.25. The van der Waals surface area contributed by atoms with Gasteiger partial charge in [0.05, 0.1) is 0 Å². The van der Waals surface area contributed by atoms with Crippen LogP contribution in [-0.4, -0.2) is 24.5 Å². The van der Waals surface area contributed by atoms with Crippen LogP contribution in [0.1, 0.15) is 5.69 Å². The lowest BCUT2D eigenvalue weighted by Crippen LogP contribution is -2.31. The molecule has 2 N–H and O–H groups in total. The second kappa shape index (κ2) is 5.95. The van der Waals surface area contributed by atoms with Gasteiger partial charge in [0.15, 0.2) is 5.52 Å². The fraction of sp³-hybridized carbons (Fsp3) is 0.154. The maximum Gasteiger partial charge on any atom is 0.329 e. The number of pyridine rings is 1. The van der Waals surface area contributed by atoms with E-state index in [0.29, 0.717) is 0 Å². The monoisotopic (exact) mass is 287 g/mol. The highest BCUT2D eigenvalue weighted by molar-refractivity contribution is 5.68. The van der Waals surface area contributed by atoms with E-state index in [1.807, 2.05) is 18.2 Å². The Bertz CT molecular complexity index is 898. The molecule has 0 aliphatic rings. The molecule has 3 aromatic heterocycles. The van der Waals surface area contributed by atoms with Gasteiger partial charge in [-0.2, -0.15) is 0 Å². The van der Waals surface area contributed by atoms with Gasteiger partial charge in [0.1, 0.15) is 11.3 Å². The lowest BCUT2D eigenvalue weighted by Gasteiger charge is -2.02. The fourth-order valence-electron chi connectivity index (χ4n) is 1.58. The first-order valence-corrected chi connectivity index (χ1v) is 6.05. The van der Waals surface area contributed by atoms with Gasteiger partial charge in [0.25, 0.3) is 11.1 Å². The Morgan fingerprint density at radius 2 is 1.67 bits per heavy atom. The number of aryl methyl sites for hydroxylation is 2. The summed E-state index contributed by atoms with van der Waals surface area (Å²) in [6.45, 7) is 1.49. The number of aromatic nitrogens is 5. The van der Waals surface area contributed by atoms with E-state index in [-0.39, 0.29) is 16.9 Å². The maximum atomic E-state index is 11.4. The minimum absolute atomic E-state index is 0.0502. The lowest BCUT2D eigenvalue weighted by atomic mass is 10.4. The molecule has 8 nitrogen and oxygen atoms in total. The highest BCUT2D eigenvalue weighted by Crippen LogP contribution is 1.96. The average molecular weight is 287 g/mol. The Morgan fingerprint density at radius 1 is 1.00 bits per heavy atom. The van der Waals surface area contributed by atoms with E-state index in [9.17, 15) is 14.4 Å². The lowest BCUT2D eigenvalue weighted by molar-refractivity contribution is 0.818. The van der Waals surface area contributed by atoms with Crippen LogP contribution in [0.2, 0.25) is 0 Å². The van der Waals surface area contributed by atoms with Crippen LogP contribution in [-0.2, 0) is 7.05 Å². The van der Waals surface area contributed by atoms with Crippen molar-refractivity contribution >= 4 is 11.2 Å². The highest BCUT2D eigenvalue weighted by atomic mass is 16.2. The zero-order valence-electron chi connectivity index (χ0n) is 11.5. The summed E-state index contributed by atoms with van der Waals surface area (Å²) in [7, 11) is 1.44. The third-order valence-corrected chi connectivity index (χ3v) is 2.71. The second-order valence-corrected chi connectivity index (χ2v) is 4.19. The summed E-state index contributed by atoms with van der Waals surface area (Å²) in [4.78, 5) is 46.0. The topological polar surface area (TPSA) is 113 Å². The van der Waals surface area contributed by atoms with Gasteiger partial charge in [-0.1, -0.05) is 6.07 Å². The Kier molecular flexibility index (Phi) is 4.07. The van der Waals surface area contributed by atoms with E-state index in [1.54, 1.807) is 12.4 Å². The normalized spacial score (nSPS) is 10.0. The molecule has 108 valence electrons. The molecule has 0 aliphatic heterocycles. The molecule has 3 rings (SSSR count). The van der Waals surface area contributed by atoms with E-state index in [4.69, 9.17) is 0 Å². The number of aromatic amines is 2. The van der Waals surface area contributed by atoms with Gasteiger partial charge in [-0.05, 0) is 19.1 Å². The number of hydrogen-bond donors (Lipinski definition) is 2. The number of rotatable bonds is 0. The Labute approximate surface area is 118 Å². The zero-order chi connectivity index (χ0) is 15.4. The first-order chi connectivity index (χ1) is 10.0. The Morgan fingerprint density at radius 3 is 2.19 bits per heavy atom. The summed E-state index contributed by atoms with van der Waals surface area (Å²) in [5.74, 6) is 0. The summed E-state index contributed by atoms with van der Waals surface area (Å²) in [6, 6.07) is 5.72. The third kappa shape index (κ3) is 3.11. The van der Waals surface area contributed by atoms with Crippen molar-refractivity contribution in [2.45, 2.75) is 6.92 Å². The number of hydrogen-bond acceptors (Lipinski definition) is 5. The van der Waals surface area contributed by atoms with Crippen molar-refractivity contribution in [3.8, 4) is 0 Å². The molecule has 0 fully saturated rings. The van der Waals surface area contributed by atoms with Crippen molar-refractivity contribution in [2.75, 3.05) is 0 Å². The van der Waals surface area contributed by atoms with Crippen molar-refractivity contribution in [3.05, 3.63) is 67.5 Å². The molecule has 0 saturated carbocycles. The quantitative estimate of drug-likeness (QED) is 0.589. The van der Waals surface area contributed by atoms with Crippen LogP contribution in [0.4, 0.5) is 0 Å². The molecule has 0 bridgehead atoms. The number of H-pyrrole nitrogens is 2. The largest absolute Gasteiger partial charge is 0.329 e. The smallest absolute Gasteiger partial charge is 0.305 e. The minimum Gasteiger partial charge on any atom is -0.305 e. The van der Waals surface area contributed by atoms with Gasteiger partial charge < -0.3 is 4.98 Å². The first-order valence-electron chi connectivity index (χ1n) is 6.05. The fourth-order valence-corrected chi connectivity index (χ4v) is 1.58. The minimum atomic E-state index is -0.604. The molecule has 21 heavy (non-hydrogen) atoms. The maximum absolute atomic E-state index is 11.4. The van der Waals surface area contributed by atoms with Gasteiger partial charge in [-0.15, -0.1) is 0 Å². The predicted molar refractivity (Wildman–Crippen MR) is 77.2 cm³/mol. The summed E-state index contributed by atoms with van der Waals surface area (Å²) < 4.78 is 1.13. The summed E-state index contributed by atoms with van der Waals surface area (Å²) in [6.07, 6.45) is 3.50. The van der Waals surface area contributed by atoms with E-state index >= 15 is 0 Å². The van der Waals surface area contributed by atoms with Crippen LogP contribution in [0.25, 0.3) is 11.2 Å². The molecule has 0 aliphatic carbocycles. The van der Waals surface area contributed by atoms with Crippen molar-refractivity contribution in [1.29, 1.82) is 0 Å². The van der Waals surface area contributed by atoms with Crippen LogP contribution in [0, 0.1) is 6.92 Å². The van der Waals surface area contributed by atoms with Gasteiger partial charge in [-0.3, -0.25) is 24.1 Å². The Balaban J connectivity index is 0.000000225. The first kappa shape index (κ1) is 14.4. The van der Waals surface area contributed by atoms with Gasteiger partial charge in [0.2, 0.25) is 0 Å². The van der Waals surface area contributed by atoms with Gasteiger partial charge >= 0.3 is 5.69 Å². The van der Waals surface area contributed by atoms with E-state index in [0.717, 1.165) is 4.57 Å². The van der Waals surface area contributed by atoms with Crippen LogP contribution >= 0.6 is 0 Å². The van der Waals surface area contributed by atoms with Crippen LogP contribution in [0.3, 0.4) is 0 Å². The molecular weight excluding hydrogens is 274 g/mol. The highest BCUT2D eigenvalue weighted by Gasteiger charge is 2.08. The van der Waals surface area contributed by atoms with E-state index in [1.165, 1.54) is 14.0 Å². The number of nitrogens with zero attached hydrogens (tertiary/aromatic N) is 3. The molecule has 0 aromatic carbocycles. The van der Waals surface area contributed by atoms with Crippen LogP contribution in [0.5, 0.6) is 0 Å². The van der Waals surface area contributed by atoms with Crippen molar-refractivity contribution < 1.29 is 0 Å². The SMILES string of the molecule is Cc1nc2c(=O)[nH]c(=O)n(C)c2[nH]c1=O.c1ccncc1. The predicted octanol–water partition coefficient (Wildman–Crippen LogP) is -0.300. The molecule has 0 atom stereocenters. The molecule has 0 saturated heterocycles. The van der Waals surface area contributed by atoms with E-state index in [2.05, 4.69) is 19.9 Å². The standard InChI is InChI=1S/C8H8N4O3.C5H5N/c1-3-6(13)10-5-4(9-3)7(14)11-8(15)12(5)2;1-2-4-6-5-3-1/h1-2H3,(H,10,13)(H,11,14,15);1-5H.